The van der Waals surface area contributed by atoms with Crippen LogP contribution in [0, 0.1) is 11.6 Å². The lowest BCUT2D eigenvalue weighted by Crippen LogP contribution is -2.22. The quantitative estimate of drug-likeness (QED) is 0.803. The van der Waals surface area contributed by atoms with Gasteiger partial charge in [0.15, 0.2) is 0 Å². The number of benzene rings is 1. The second-order valence-electron chi connectivity index (χ2n) is 3.69. The molecule has 1 aromatic carbocycles. The maximum Gasteiger partial charge on any atom is 0.137 e. The molecular formula is C12H16BrF2N. The Kier molecular flexibility index (Phi) is 5.35. The van der Waals surface area contributed by atoms with Gasteiger partial charge in [0.25, 0.3) is 0 Å². The van der Waals surface area contributed by atoms with Crippen molar-refractivity contribution in [2.24, 2.45) is 0 Å². The Labute approximate surface area is 103 Å². The molecule has 0 fully saturated rings. The Morgan fingerprint density at radius 2 is 1.94 bits per heavy atom. The highest BCUT2D eigenvalue weighted by Gasteiger charge is 2.16. The maximum absolute atomic E-state index is 13.7. The molecule has 0 spiro atoms. The van der Waals surface area contributed by atoms with Crippen LogP contribution in [0.5, 0.6) is 0 Å². The molecule has 1 aromatic rings. The molecule has 0 aliphatic rings. The van der Waals surface area contributed by atoms with E-state index in [1.54, 1.807) is 0 Å². The van der Waals surface area contributed by atoms with E-state index >= 15 is 0 Å². The average molecular weight is 292 g/mol. The van der Waals surface area contributed by atoms with Gasteiger partial charge in [-0.15, -0.1) is 0 Å². The third-order valence-electron chi connectivity index (χ3n) is 2.44. The second-order valence-corrected chi connectivity index (χ2v) is 4.54. The van der Waals surface area contributed by atoms with E-state index in [2.05, 4.69) is 21.2 Å². The highest BCUT2D eigenvalue weighted by Crippen LogP contribution is 2.26. The van der Waals surface area contributed by atoms with Gasteiger partial charge in [0.1, 0.15) is 11.6 Å². The molecule has 16 heavy (non-hydrogen) atoms. The summed E-state index contributed by atoms with van der Waals surface area (Å²) in [6.45, 7) is 4.72. The normalized spacial score (nSPS) is 12.8. The van der Waals surface area contributed by atoms with Crippen LogP contribution in [0.25, 0.3) is 0 Å². The molecule has 1 atom stereocenters. The van der Waals surface area contributed by atoms with E-state index in [0.717, 1.165) is 19.4 Å². The third-order valence-corrected chi connectivity index (χ3v) is 3.05. The van der Waals surface area contributed by atoms with E-state index in [1.165, 1.54) is 12.1 Å². The fourth-order valence-corrected chi connectivity index (χ4v) is 2.02. The first-order valence-corrected chi connectivity index (χ1v) is 6.27. The Morgan fingerprint density at radius 1 is 1.25 bits per heavy atom. The van der Waals surface area contributed by atoms with Crippen molar-refractivity contribution in [3.05, 3.63) is 33.8 Å². The molecular weight excluding hydrogens is 276 g/mol. The Balaban J connectivity index is 3.03. The number of hydrogen-bond donors (Lipinski definition) is 1. The molecule has 0 aliphatic carbocycles. The van der Waals surface area contributed by atoms with Crippen molar-refractivity contribution in [2.45, 2.75) is 32.7 Å². The lowest BCUT2D eigenvalue weighted by Gasteiger charge is -2.18. The molecule has 0 saturated carbocycles. The van der Waals surface area contributed by atoms with E-state index in [9.17, 15) is 8.78 Å². The molecule has 1 N–H and O–H groups in total. The summed E-state index contributed by atoms with van der Waals surface area (Å²) in [5.74, 6) is -0.789. The molecule has 0 heterocycles. The van der Waals surface area contributed by atoms with E-state index < -0.39 is 5.82 Å². The van der Waals surface area contributed by atoms with E-state index in [4.69, 9.17) is 0 Å². The largest absolute Gasteiger partial charge is 0.310 e. The molecule has 0 aromatic heterocycles. The van der Waals surface area contributed by atoms with Crippen LogP contribution in [0.2, 0.25) is 0 Å². The van der Waals surface area contributed by atoms with Gasteiger partial charge in [-0.2, -0.15) is 0 Å². The highest BCUT2D eigenvalue weighted by molar-refractivity contribution is 9.10. The monoisotopic (exact) mass is 291 g/mol. The fraction of sp³-hybridized carbons (Fsp3) is 0.500. The predicted octanol–water partition coefficient (Wildman–Crippen LogP) is 4.18. The highest BCUT2D eigenvalue weighted by atomic mass is 79.9. The Morgan fingerprint density at radius 3 is 2.50 bits per heavy atom. The molecule has 1 nitrogen and oxygen atoms in total. The number of halogens is 3. The molecule has 4 heteroatoms. The summed E-state index contributed by atoms with van der Waals surface area (Å²) in [5.41, 5.74) is 0.407. The van der Waals surface area contributed by atoms with Crippen molar-refractivity contribution in [1.82, 2.24) is 5.32 Å². The predicted molar refractivity (Wildman–Crippen MR) is 65.4 cm³/mol. The summed E-state index contributed by atoms with van der Waals surface area (Å²) < 4.78 is 27.2. The van der Waals surface area contributed by atoms with Crippen LogP contribution in [-0.2, 0) is 0 Å². The van der Waals surface area contributed by atoms with Crippen LogP contribution in [-0.4, -0.2) is 6.54 Å². The fourth-order valence-electron chi connectivity index (χ4n) is 1.71. The van der Waals surface area contributed by atoms with Gasteiger partial charge in [0.2, 0.25) is 0 Å². The van der Waals surface area contributed by atoms with Gasteiger partial charge in [-0.1, -0.05) is 20.3 Å². The van der Waals surface area contributed by atoms with Crippen LogP contribution < -0.4 is 5.32 Å². The summed E-state index contributed by atoms with van der Waals surface area (Å²) in [5, 5.41) is 3.17. The molecule has 1 unspecified atom stereocenters. The van der Waals surface area contributed by atoms with Crippen molar-refractivity contribution < 1.29 is 8.78 Å². The third kappa shape index (κ3) is 3.25. The standard InChI is InChI=1S/C12H16BrF2N/c1-3-5-12(16-4-2)8-6-11(15)9(13)7-10(8)14/h6-7,12,16H,3-5H2,1-2H3. The summed E-state index contributed by atoms with van der Waals surface area (Å²) in [4.78, 5) is 0. The SMILES string of the molecule is CCCC(NCC)c1cc(F)c(Br)cc1F. The van der Waals surface area contributed by atoms with Crippen molar-refractivity contribution in [1.29, 1.82) is 0 Å². The smallest absolute Gasteiger partial charge is 0.137 e. The number of hydrogen-bond acceptors (Lipinski definition) is 1. The van der Waals surface area contributed by atoms with Gasteiger partial charge in [-0.25, -0.2) is 8.78 Å². The average Bonchev–Trinajstić information content (AvgIpc) is 2.23. The molecule has 0 saturated heterocycles. The van der Waals surface area contributed by atoms with Gasteiger partial charge in [-0.3, -0.25) is 0 Å². The number of nitrogens with one attached hydrogen (secondary N) is 1. The van der Waals surface area contributed by atoms with Gasteiger partial charge in [0.05, 0.1) is 4.47 Å². The first-order valence-electron chi connectivity index (χ1n) is 5.48. The first-order chi connectivity index (χ1) is 7.60. The van der Waals surface area contributed by atoms with Crippen LogP contribution >= 0.6 is 15.9 Å². The minimum atomic E-state index is -0.421. The molecule has 1 rings (SSSR count). The van der Waals surface area contributed by atoms with E-state index in [-0.39, 0.29) is 16.3 Å². The topological polar surface area (TPSA) is 12.0 Å². The van der Waals surface area contributed by atoms with Crippen molar-refractivity contribution in [3.8, 4) is 0 Å². The minimum absolute atomic E-state index is 0.113. The summed E-state index contributed by atoms with van der Waals surface area (Å²) in [6.07, 6.45) is 1.72. The molecule has 0 aliphatic heterocycles. The van der Waals surface area contributed by atoms with Crippen molar-refractivity contribution >= 4 is 15.9 Å². The van der Waals surface area contributed by atoms with Gasteiger partial charge in [0, 0.05) is 11.6 Å². The summed E-state index contributed by atoms with van der Waals surface area (Å²) in [6, 6.07) is 2.34. The zero-order chi connectivity index (χ0) is 12.1. The number of rotatable bonds is 5. The lowest BCUT2D eigenvalue weighted by atomic mass is 10.0. The zero-order valence-corrected chi connectivity index (χ0v) is 11.1. The lowest BCUT2D eigenvalue weighted by molar-refractivity contribution is 0.474. The Hall–Kier alpha value is -0.480. The first kappa shape index (κ1) is 13.6. The van der Waals surface area contributed by atoms with Crippen molar-refractivity contribution in [3.63, 3.8) is 0 Å². The molecule has 0 amide bonds. The Bertz CT molecular complexity index is 349. The van der Waals surface area contributed by atoms with E-state index in [0.29, 0.717) is 5.56 Å². The molecule has 90 valence electrons. The van der Waals surface area contributed by atoms with Crippen LogP contribution in [0.15, 0.2) is 16.6 Å². The van der Waals surface area contributed by atoms with Crippen LogP contribution in [0.1, 0.15) is 38.3 Å². The van der Waals surface area contributed by atoms with Crippen molar-refractivity contribution in [2.75, 3.05) is 6.54 Å². The summed E-state index contributed by atoms with van der Waals surface area (Å²) in [7, 11) is 0. The molecule has 0 bridgehead atoms. The second kappa shape index (κ2) is 6.30. The zero-order valence-electron chi connectivity index (χ0n) is 9.49. The minimum Gasteiger partial charge on any atom is -0.310 e. The maximum atomic E-state index is 13.7. The van der Waals surface area contributed by atoms with Crippen LogP contribution in [0.4, 0.5) is 8.78 Å². The molecule has 0 radical (unpaired) electrons. The van der Waals surface area contributed by atoms with Gasteiger partial charge >= 0.3 is 0 Å². The van der Waals surface area contributed by atoms with E-state index in [1.807, 2.05) is 13.8 Å². The van der Waals surface area contributed by atoms with Gasteiger partial charge in [-0.05, 0) is 41.0 Å². The van der Waals surface area contributed by atoms with Crippen LogP contribution in [0.3, 0.4) is 0 Å². The summed E-state index contributed by atoms with van der Waals surface area (Å²) >= 11 is 2.97. The van der Waals surface area contributed by atoms with Gasteiger partial charge < -0.3 is 5.32 Å².